The van der Waals surface area contributed by atoms with Crippen molar-refractivity contribution in [3.63, 3.8) is 0 Å². The van der Waals surface area contributed by atoms with E-state index in [2.05, 4.69) is 5.32 Å². The fourth-order valence-corrected chi connectivity index (χ4v) is 2.49. The van der Waals surface area contributed by atoms with Gasteiger partial charge in [0.25, 0.3) is 0 Å². The Morgan fingerprint density at radius 1 is 1.44 bits per heavy atom. The number of amides is 1. The number of hydrogen-bond acceptors (Lipinski definition) is 3. The molecule has 2 rings (SSSR count). The molecule has 2 saturated heterocycles. The van der Waals surface area contributed by atoms with Crippen LogP contribution >= 0.6 is 0 Å². The first-order valence-corrected chi connectivity index (χ1v) is 6.12. The number of rotatable bonds is 2. The normalized spacial score (nSPS) is 31.2. The number of carbonyl (C=O) groups is 1. The third kappa shape index (κ3) is 3.35. The van der Waals surface area contributed by atoms with Crippen molar-refractivity contribution in [3.05, 3.63) is 0 Å². The van der Waals surface area contributed by atoms with Crippen molar-refractivity contribution in [2.45, 2.75) is 25.1 Å². The minimum absolute atomic E-state index is 0.0921. The maximum Gasteiger partial charge on any atom is 0.405 e. The van der Waals surface area contributed by atoms with E-state index in [-0.39, 0.29) is 31.5 Å². The van der Waals surface area contributed by atoms with E-state index in [4.69, 9.17) is 4.74 Å². The minimum Gasteiger partial charge on any atom is -0.381 e. The van der Waals surface area contributed by atoms with Crippen LogP contribution < -0.4 is 5.32 Å². The molecule has 0 bridgehead atoms. The predicted octanol–water partition coefficient (Wildman–Crippen LogP) is 0.776. The average molecular weight is 266 g/mol. The second kappa shape index (κ2) is 5.44. The van der Waals surface area contributed by atoms with Gasteiger partial charge in [-0.15, -0.1) is 0 Å². The molecule has 2 aliphatic rings. The molecule has 7 heteroatoms. The SMILES string of the molecule is O=C1CN(CC2CCCOC2)C(C(F)(F)F)CN1. The molecule has 0 aromatic heterocycles. The van der Waals surface area contributed by atoms with Crippen LogP contribution in [0.25, 0.3) is 0 Å². The fourth-order valence-electron chi connectivity index (χ4n) is 2.49. The Labute approximate surface area is 103 Å². The van der Waals surface area contributed by atoms with E-state index < -0.39 is 12.2 Å². The molecule has 0 saturated carbocycles. The molecule has 1 amide bonds. The van der Waals surface area contributed by atoms with Crippen LogP contribution in [-0.2, 0) is 9.53 Å². The summed E-state index contributed by atoms with van der Waals surface area (Å²) in [4.78, 5) is 12.5. The average Bonchev–Trinajstić information content (AvgIpc) is 2.28. The lowest BCUT2D eigenvalue weighted by molar-refractivity contribution is -0.191. The third-order valence-corrected chi connectivity index (χ3v) is 3.41. The summed E-state index contributed by atoms with van der Waals surface area (Å²) in [6.07, 6.45) is -2.56. The Bertz CT molecular complexity index is 303. The van der Waals surface area contributed by atoms with Gasteiger partial charge in [0.05, 0.1) is 13.2 Å². The van der Waals surface area contributed by atoms with Gasteiger partial charge in [0.2, 0.25) is 5.91 Å². The third-order valence-electron chi connectivity index (χ3n) is 3.41. The van der Waals surface area contributed by atoms with Crippen LogP contribution in [0.1, 0.15) is 12.8 Å². The highest BCUT2D eigenvalue weighted by Gasteiger charge is 2.46. The second-order valence-corrected chi connectivity index (χ2v) is 4.87. The van der Waals surface area contributed by atoms with Crippen LogP contribution in [0, 0.1) is 5.92 Å². The number of piperazine rings is 1. The lowest BCUT2D eigenvalue weighted by Crippen LogP contribution is -2.61. The van der Waals surface area contributed by atoms with Crippen molar-refractivity contribution in [2.24, 2.45) is 5.92 Å². The Kier molecular flexibility index (Phi) is 4.11. The maximum absolute atomic E-state index is 12.8. The van der Waals surface area contributed by atoms with Crippen molar-refractivity contribution >= 4 is 5.91 Å². The molecule has 2 fully saturated rings. The Morgan fingerprint density at radius 2 is 2.22 bits per heavy atom. The Hall–Kier alpha value is -0.820. The zero-order chi connectivity index (χ0) is 13.2. The van der Waals surface area contributed by atoms with E-state index in [1.807, 2.05) is 0 Å². The van der Waals surface area contributed by atoms with Crippen molar-refractivity contribution in [2.75, 3.05) is 32.8 Å². The summed E-state index contributed by atoms with van der Waals surface area (Å²) in [5.74, 6) is -0.248. The zero-order valence-electron chi connectivity index (χ0n) is 10.0. The van der Waals surface area contributed by atoms with Gasteiger partial charge in [0.1, 0.15) is 6.04 Å². The predicted molar refractivity (Wildman–Crippen MR) is 58.0 cm³/mol. The molecule has 2 atom stereocenters. The second-order valence-electron chi connectivity index (χ2n) is 4.87. The highest BCUT2D eigenvalue weighted by molar-refractivity contribution is 5.78. The van der Waals surface area contributed by atoms with Crippen LogP contribution in [0.4, 0.5) is 13.2 Å². The number of carbonyl (C=O) groups excluding carboxylic acids is 1. The molecule has 1 N–H and O–H groups in total. The molecule has 2 unspecified atom stereocenters. The molecular weight excluding hydrogens is 249 g/mol. The van der Waals surface area contributed by atoms with Crippen LogP contribution in [0.3, 0.4) is 0 Å². The van der Waals surface area contributed by atoms with Gasteiger partial charge in [0.15, 0.2) is 0 Å². The molecule has 0 aromatic rings. The molecule has 0 aliphatic carbocycles. The summed E-state index contributed by atoms with van der Waals surface area (Å²) < 4.78 is 43.8. The number of hydrogen-bond donors (Lipinski definition) is 1. The van der Waals surface area contributed by atoms with Crippen LogP contribution in [0.15, 0.2) is 0 Å². The van der Waals surface area contributed by atoms with E-state index in [0.717, 1.165) is 12.8 Å². The molecule has 104 valence electrons. The number of ether oxygens (including phenoxy) is 1. The first-order chi connectivity index (χ1) is 8.47. The first kappa shape index (κ1) is 13.6. The van der Waals surface area contributed by atoms with E-state index in [9.17, 15) is 18.0 Å². The lowest BCUT2D eigenvalue weighted by Gasteiger charge is -2.38. The van der Waals surface area contributed by atoms with E-state index in [1.54, 1.807) is 0 Å². The Morgan fingerprint density at radius 3 is 2.83 bits per heavy atom. The van der Waals surface area contributed by atoms with Crippen molar-refractivity contribution < 1.29 is 22.7 Å². The molecule has 2 aliphatic heterocycles. The number of alkyl halides is 3. The topological polar surface area (TPSA) is 41.6 Å². The molecule has 4 nitrogen and oxygen atoms in total. The van der Waals surface area contributed by atoms with Gasteiger partial charge in [-0.2, -0.15) is 13.2 Å². The van der Waals surface area contributed by atoms with E-state index in [1.165, 1.54) is 4.90 Å². The van der Waals surface area contributed by atoms with Gasteiger partial charge in [-0.3, -0.25) is 9.69 Å². The number of halogens is 3. The summed E-state index contributed by atoms with van der Waals surface area (Å²) in [5.41, 5.74) is 0. The van der Waals surface area contributed by atoms with Gasteiger partial charge in [-0.05, 0) is 18.8 Å². The first-order valence-electron chi connectivity index (χ1n) is 6.12. The van der Waals surface area contributed by atoms with Crippen LogP contribution in [0.2, 0.25) is 0 Å². The van der Waals surface area contributed by atoms with E-state index >= 15 is 0 Å². The smallest absolute Gasteiger partial charge is 0.381 e. The largest absolute Gasteiger partial charge is 0.405 e. The zero-order valence-corrected chi connectivity index (χ0v) is 10.0. The maximum atomic E-state index is 12.8. The number of nitrogens with one attached hydrogen (secondary N) is 1. The minimum atomic E-state index is -4.30. The number of nitrogens with zero attached hydrogens (tertiary/aromatic N) is 1. The molecular formula is C11H17F3N2O2. The highest BCUT2D eigenvalue weighted by Crippen LogP contribution is 2.27. The monoisotopic (exact) mass is 266 g/mol. The van der Waals surface area contributed by atoms with E-state index in [0.29, 0.717) is 13.2 Å². The van der Waals surface area contributed by atoms with Gasteiger partial charge < -0.3 is 10.1 Å². The van der Waals surface area contributed by atoms with Crippen molar-refractivity contribution in [3.8, 4) is 0 Å². The fraction of sp³-hybridized carbons (Fsp3) is 0.909. The summed E-state index contributed by atoms with van der Waals surface area (Å²) >= 11 is 0. The van der Waals surface area contributed by atoms with Crippen LogP contribution in [0.5, 0.6) is 0 Å². The van der Waals surface area contributed by atoms with Crippen molar-refractivity contribution in [1.82, 2.24) is 10.2 Å². The summed E-state index contributed by atoms with van der Waals surface area (Å²) in [7, 11) is 0. The molecule has 2 heterocycles. The summed E-state index contributed by atoms with van der Waals surface area (Å²) in [6, 6.07) is -1.57. The molecule has 0 spiro atoms. The summed E-state index contributed by atoms with van der Waals surface area (Å²) in [6.45, 7) is 0.913. The quantitative estimate of drug-likeness (QED) is 0.803. The standard InChI is InChI=1S/C11H17F3N2O2/c12-11(13,14)9-4-15-10(17)6-16(9)5-8-2-1-3-18-7-8/h8-9H,1-7H2,(H,15,17). The van der Waals surface area contributed by atoms with Gasteiger partial charge in [-0.25, -0.2) is 0 Å². The molecule has 0 radical (unpaired) electrons. The summed E-state index contributed by atoms with van der Waals surface area (Å²) in [5, 5.41) is 2.27. The highest BCUT2D eigenvalue weighted by atomic mass is 19.4. The van der Waals surface area contributed by atoms with Gasteiger partial charge in [0, 0.05) is 19.7 Å². The Balaban J connectivity index is 1.98. The lowest BCUT2D eigenvalue weighted by atomic mass is 10.00. The van der Waals surface area contributed by atoms with Gasteiger partial charge >= 0.3 is 6.18 Å². The van der Waals surface area contributed by atoms with Gasteiger partial charge in [-0.1, -0.05) is 0 Å². The van der Waals surface area contributed by atoms with Crippen molar-refractivity contribution in [1.29, 1.82) is 0 Å². The molecule has 18 heavy (non-hydrogen) atoms. The molecule has 0 aromatic carbocycles. The van der Waals surface area contributed by atoms with Crippen LogP contribution in [-0.4, -0.2) is 55.9 Å².